The van der Waals surface area contributed by atoms with Crippen LogP contribution < -0.4 is 10.1 Å². The van der Waals surface area contributed by atoms with E-state index in [1.165, 1.54) is 43.2 Å². The molecule has 4 atom stereocenters. The summed E-state index contributed by atoms with van der Waals surface area (Å²) in [4.78, 5) is 21.0. The molecular formula is C29H34F3NO6. The van der Waals surface area contributed by atoms with Crippen LogP contribution in [0.25, 0.3) is 0 Å². The second-order valence-electron chi connectivity index (χ2n) is 10.4. The van der Waals surface area contributed by atoms with E-state index in [4.69, 9.17) is 24.1 Å². The van der Waals surface area contributed by atoms with Crippen molar-refractivity contribution in [1.82, 2.24) is 5.32 Å². The zero-order valence-corrected chi connectivity index (χ0v) is 21.8. The Kier molecular flexibility index (Phi) is 9.04. The van der Waals surface area contributed by atoms with Crippen molar-refractivity contribution in [2.24, 2.45) is 5.92 Å². The molecule has 7 nitrogen and oxygen atoms in total. The molecule has 2 aliphatic carbocycles. The van der Waals surface area contributed by atoms with Gasteiger partial charge in [0.25, 0.3) is 0 Å². The summed E-state index contributed by atoms with van der Waals surface area (Å²) in [6.07, 6.45) is 2.16. The topological polar surface area (TPSA) is 94.1 Å². The van der Waals surface area contributed by atoms with Crippen molar-refractivity contribution in [3.63, 3.8) is 0 Å². The summed E-state index contributed by atoms with van der Waals surface area (Å²) in [6, 6.07) is 17.0. The van der Waals surface area contributed by atoms with Gasteiger partial charge < -0.3 is 24.6 Å². The average Bonchev–Trinajstić information content (AvgIpc) is 2.89. The lowest BCUT2D eigenvalue weighted by Crippen LogP contribution is -2.59. The van der Waals surface area contributed by atoms with E-state index in [1.807, 2.05) is 43.3 Å². The first-order chi connectivity index (χ1) is 18.6. The second-order valence-corrected chi connectivity index (χ2v) is 10.4. The van der Waals surface area contributed by atoms with Gasteiger partial charge in [0.05, 0.1) is 0 Å². The summed E-state index contributed by atoms with van der Waals surface area (Å²) < 4.78 is 48.1. The number of halogens is 3. The monoisotopic (exact) mass is 549 g/mol. The fourth-order valence-electron chi connectivity index (χ4n) is 6.32. The van der Waals surface area contributed by atoms with Crippen molar-refractivity contribution < 1.29 is 42.1 Å². The number of carbonyl (C=O) groups excluding carboxylic acids is 1. The van der Waals surface area contributed by atoms with E-state index in [1.54, 1.807) is 0 Å². The number of nitrogens with one attached hydrogen (secondary N) is 1. The Morgan fingerprint density at radius 1 is 1.13 bits per heavy atom. The van der Waals surface area contributed by atoms with Crippen LogP contribution in [0, 0.1) is 5.92 Å². The van der Waals surface area contributed by atoms with Gasteiger partial charge in [0.2, 0.25) is 6.79 Å². The zero-order valence-electron chi connectivity index (χ0n) is 21.8. The normalized spacial score (nSPS) is 24.1. The maximum Gasteiger partial charge on any atom is 0.511 e. The molecule has 2 aromatic rings. The average molecular weight is 550 g/mol. The molecule has 2 aromatic carbocycles. The SMILES string of the molecule is CC(Cc1ccccc1)OC(=O)OCOc1ccc2c(c1)[C@]13CCCC[C@@H]1[C@@H](C2)NCC3.O=C(O)C(F)(F)F. The molecule has 1 saturated heterocycles. The van der Waals surface area contributed by atoms with Gasteiger partial charge in [-0.2, -0.15) is 13.2 Å². The predicted molar refractivity (Wildman–Crippen MR) is 137 cm³/mol. The van der Waals surface area contributed by atoms with E-state index in [0.29, 0.717) is 12.5 Å². The molecule has 1 aliphatic heterocycles. The molecule has 0 amide bonds. The lowest BCUT2D eigenvalue weighted by Gasteiger charge is -2.56. The maximum absolute atomic E-state index is 12.1. The minimum Gasteiger partial charge on any atom is -0.475 e. The Morgan fingerprint density at radius 2 is 1.87 bits per heavy atom. The number of carbonyl (C=O) groups is 2. The number of hydrogen-bond acceptors (Lipinski definition) is 6. The molecule has 0 spiro atoms. The Balaban J connectivity index is 0.000000448. The molecule has 39 heavy (non-hydrogen) atoms. The van der Waals surface area contributed by atoms with Crippen molar-refractivity contribution in [2.45, 2.75) is 75.6 Å². The van der Waals surface area contributed by atoms with E-state index in [-0.39, 0.29) is 18.3 Å². The summed E-state index contributed by atoms with van der Waals surface area (Å²) in [5, 5.41) is 10.9. The molecule has 0 aromatic heterocycles. The first kappa shape index (κ1) is 28.7. The van der Waals surface area contributed by atoms with Crippen molar-refractivity contribution in [2.75, 3.05) is 13.3 Å². The van der Waals surface area contributed by atoms with Crippen LogP contribution in [0.4, 0.5) is 18.0 Å². The molecule has 1 unspecified atom stereocenters. The highest BCUT2D eigenvalue weighted by Gasteiger charge is 2.51. The van der Waals surface area contributed by atoms with Crippen LogP contribution in [0.3, 0.4) is 0 Å². The van der Waals surface area contributed by atoms with Crippen LogP contribution in [0.15, 0.2) is 48.5 Å². The molecule has 0 radical (unpaired) electrons. The number of benzene rings is 2. The minimum atomic E-state index is -5.08. The molecular weight excluding hydrogens is 515 g/mol. The summed E-state index contributed by atoms with van der Waals surface area (Å²) in [6.45, 7) is 2.82. The van der Waals surface area contributed by atoms with Gasteiger partial charge in [-0.05, 0) is 73.9 Å². The van der Waals surface area contributed by atoms with Crippen molar-refractivity contribution in [1.29, 1.82) is 0 Å². The second kappa shape index (κ2) is 12.3. The predicted octanol–water partition coefficient (Wildman–Crippen LogP) is 5.79. The first-order valence-electron chi connectivity index (χ1n) is 13.3. The molecule has 1 saturated carbocycles. The van der Waals surface area contributed by atoms with Gasteiger partial charge in [0.15, 0.2) is 0 Å². The van der Waals surface area contributed by atoms with E-state index >= 15 is 0 Å². The highest BCUT2D eigenvalue weighted by molar-refractivity contribution is 5.73. The smallest absolute Gasteiger partial charge is 0.475 e. The van der Waals surface area contributed by atoms with Gasteiger partial charge in [-0.1, -0.05) is 49.2 Å². The van der Waals surface area contributed by atoms with Gasteiger partial charge in [-0.25, -0.2) is 9.59 Å². The number of carboxylic acid groups (broad SMARTS) is 1. The van der Waals surface area contributed by atoms with Crippen molar-refractivity contribution >= 4 is 12.1 Å². The molecule has 212 valence electrons. The summed E-state index contributed by atoms with van der Waals surface area (Å²) in [7, 11) is 0. The standard InChI is InChI=1S/C27H33NO4.C2HF3O2/c1-19(15-20-7-3-2-4-8-20)32-26(29)31-18-30-22-11-10-21-16-25-23-9-5-6-12-27(23,13-14-28-25)24(21)17-22;3-2(4,5)1(6)7/h2-4,7-8,10-11,17,19,23,25,28H,5-6,9,12-16,18H2,1H3;(H,6,7)/t19?,23-,25-,27+;/m1./s1. The number of alkyl halides is 3. The van der Waals surface area contributed by atoms with Crippen molar-refractivity contribution in [3.05, 3.63) is 65.2 Å². The lowest BCUT2D eigenvalue weighted by atomic mass is 9.53. The fraction of sp³-hybridized carbons (Fsp3) is 0.517. The van der Waals surface area contributed by atoms with Gasteiger partial charge in [0.1, 0.15) is 11.9 Å². The van der Waals surface area contributed by atoms with Crippen LogP contribution >= 0.6 is 0 Å². The molecule has 10 heteroatoms. The Bertz CT molecular complexity index is 1140. The Morgan fingerprint density at radius 3 is 2.59 bits per heavy atom. The highest BCUT2D eigenvalue weighted by atomic mass is 19.4. The number of carboxylic acids is 1. The minimum absolute atomic E-state index is 0.143. The molecule has 5 rings (SSSR count). The van der Waals surface area contributed by atoms with Crippen LogP contribution in [-0.2, 0) is 32.5 Å². The number of hydrogen-bond donors (Lipinski definition) is 2. The fourth-order valence-corrected chi connectivity index (χ4v) is 6.32. The van der Waals surface area contributed by atoms with Gasteiger partial charge >= 0.3 is 18.3 Å². The summed E-state index contributed by atoms with van der Waals surface area (Å²) >= 11 is 0. The number of aliphatic carboxylic acids is 1. The quantitative estimate of drug-likeness (QED) is 0.348. The molecule has 3 aliphatic rings. The number of fused-ring (bicyclic) bond motifs is 1. The molecule has 1 heterocycles. The largest absolute Gasteiger partial charge is 0.511 e. The first-order valence-corrected chi connectivity index (χ1v) is 13.3. The third-order valence-corrected chi connectivity index (χ3v) is 7.93. The number of rotatable bonds is 6. The van der Waals surface area contributed by atoms with E-state index in [9.17, 15) is 18.0 Å². The lowest BCUT2D eigenvalue weighted by molar-refractivity contribution is -0.192. The zero-order chi connectivity index (χ0) is 28.0. The summed E-state index contributed by atoms with van der Waals surface area (Å²) in [5.41, 5.74) is 4.33. The van der Waals surface area contributed by atoms with E-state index in [0.717, 1.165) is 30.2 Å². The van der Waals surface area contributed by atoms with E-state index < -0.39 is 18.3 Å². The van der Waals surface area contributed by atoms with Crippen LogP contribution in [0.1, 0.15) is 55.7 Å². The number of piperidine rings is 1. The Hall–Kier alpha value is -3.27. The molecule has 2 bridgehead atoms. The third kappa shape index (κ3) is 7.03. The van der Waals surface area contributed by atoms with Crippen LogP contribution in [0.2, 0.25) is 0 Å². The van der Waals surface area contributed by atoms with Gasteiger partial charge in [0, 0.05) is 17.9 Å². The van der Waals surface area contributed by atoms with Crippen LogP contribution in [-0.4, -0.2) is 48.9 Å². The Labute approximate surface area is 225 Å². The third-order valence-electron chi connectivity index (χ3n) is 7.93. The number of ether oxygens (including phenoxy) is 3. The maximum atomic E-state index is 12.1. The molecule has 2 N–H and O–H groups in total. The highest BCUT2D eigenvalue weighted by Crippen LogP contribution is 2.54. The van der Waals surface area contributed by atoms with Crippen LogP contribution in [0.5, 0.6) is 5.75 Å². The van der Waals surface area contributed by atoms with E-state index in [2.05, 4.69) is 17.4 Å². The summed E-state index contributed by atoms with van der Waals surface area (Å²) in [5.74, 6) is -1.26. The van der Waals surface area contributed by atoms with Gasteiger partial charge in [-0.15, -0.1) is 0 Å². The van der Waals surface area contributed by atoms with Crippen molar-refractivity contribution in [3.8, 4) is 5.75 Å². The van der Waals surface area contributed by atoms with Gasteiger partial charge in [-0.3, -0.25) is 0 Å². The molecule has 2 fully saturated rings.